The van der Waals surface area contributed by atoms with Crippen LogP contribution in [0.4, 0.5) is 0 Å². The molecule has 4 rings (SSSR count). The summed E-state index contributed by atoms with van der Waals surface area (Å²) in [4.78, 5) is 0. The van der Waals surface area contributed by atoms with Gasteiger partial charge in [-0.1, -0.05) is 88.4 Å². The number of hydrogen-bond acceptors (Lipinski definition) is 3. The zero-order valence-electron chi connectivity index (χ0n) is 19.2. The fourth-order valence-electron chi connectivity index (χ4n) is 6.26. The second kappa shape index (κ2) is 7.90. The summed E-state index contributed by atoms with van der Waals surface area (Å²) >= 11 is 0. The summed E-state index contributed by atoms with van der Waals surface area (Å²) in [5, 5.41) is 2.58. The SMILES string of the molecule is CO[C@H]1[C@H]2C(C)C[C@]1(CO[Si](c1ccccc1)(c1ccccc1)C(C)(C)C)O[C@H]2C. The van der Waals surface area contributed by atoms with Crippen LogP contribution in [0, 0.1) is 11.8 Å². The molecule has 4 heteroatoms. The molecule has 1 aliphatic heterocycles. The van der Waals surface area contributed by atoms with E-state index in [1.807, 2.05) is 7.11 Å². The number of benzene rings is 2. The van der Waals surface area contributed by atoms with Crippen LogP contribution in [-0.4, -0.2) is 39.8 Å². The van der Waals surface area contributed by atoms with Crippen molar-refractivity contribution in [2.45, 2.75) is 63.9 Å². The minimum Gasteiger partial charge on any atom is -0.404 e. The summed E-state index contributed by atoms with van der Waals surface area (Å²) in [5.41, 5.74) is -0.356. The van der Waals surface area contributed by atoms with Crippen molar-refractivity contribution in [2.24, 2.45) is 11.8 Å². The number of hydrogen-bond donors (Lipinski definition) is 0. The Morgan fingerprint density at radius 1 is 0.967 bits per heavy atom. The van der Waals surface area contributed by atoms with Crippen LogP contribution in [0.3, 0.4) is 0 Å². The summed E-state index contributed by atoms with van der Waals surface area (Å²) < 4.78 is 19.8. The molecule has 1 unspecified atom stereocenters. The van der Waals surface area contributed by atoms with Crippen molar-refractivity contribution in [2.75, 3.05) is 13.7 Å². The first-order valence-electron chi connectivity index (χ1n) is 11.2. The van der Waals surface area contributed by atoms with Crippen LogP contribution in [0.5, 0.6) is 0 Å². The third-order valence-electron chi connectivity index (χ3n) is 7.36. The average molecular weight is 425 g/mol. The van der Waals surface area contributed by atoms with E-state index < -0.39 is 8.32 Å². The summed E-state index contributed by atoms with van der Waals surface area (Å²) in [6, 6.07) is 21.7. The van der Waals surface area contributed by atoms with Crippen LogP contribution in [0.1, 0.15) is 41.0 Å². The van der Waals surface area contributed by atoms with Gasteiger partial charge >= 0.3 is 0 Å². The predicted octanol–water partition coefficient (Wildman–Crippen LogP) is 4.39. The first kappa shape index (κ1) is 21.8. The molecular weight excluding hydrogens is 388 g/mol. The molecule has 2 aromatic carbocycles. The molecule has 30 heavy (non-hydrogen) atoms. The van der Waals surface area contributed by atoms with Gasteiger partial charge in [-0.3, -0.25) is 0 Å². The maximum Gasteiger partial charge on any atom is 0.261 e. The number of methoxy groups -OCH3 is 1. The number of fused-ring (bicyclic) bond motifs is 2. The maximum absolute atomic E-state index is 7.23. The minimum absolute atomic E-state index is 0.0389. The number of ether oxygens (including phenoxy) is 2. The normalized spacial score (nSPS) is 31.3. The Morgan fingerprint density at radius 3 is 1.93 bits per heavy atom. The Hall–Kier alpha value is -1.46. The Balaban J connectivity index is 1.78. The zero-order valence-corrected chi connectivity index (χ0v) is 20.2. The molecule has 0 amide bonds. The molecule has 1 heterocycles. The lowest BCUT2D eigenvalue weighted by Crippen LogP contribution is -2.68. The van der Waals surface area contributed by atoms with Crippen molar-refractivity contribution >= 4 is 18.7 Å². The van der Waals surface area contributed by atoms with Gasteiger partial charge in [0.15, 0.2) is 0 Å². The van der Waals surface area contributed by atoms with Crippen LogP contribution < -0.4 is 10.4 Å². The largest absolute Gasteiger partial charge is 0.404 e. The highest BCUT2D eigenvalue weighted by atomic mass is 28.4. The van der Waals surface area contributed by atoms with E-state index in [0.717, 1.165) is 6.42 Å². The predicted molar refractivity (Wildman–Crippen MR) is 125 cm³/mol. The van der Waals surface area contributed by atoms with Gasteiger partial charge in [-0.25, -0.2) is 0 Å². The zero-order chi connectivity index (χ0) is 21.6. The topological polar surface area (TPSA) is 27.7 Å². The van der Waals surface area contributed by atoms with Crippen molar-refractivity contribution < 1.29 is 13.9 Å². The molecule has 5 atom stereocenters. The first-order chi connectivity index (χ1) is 14.2. The van der Waals surface area contributed by atoms with E-state index in [0.29, 0.717) is 18.4 Å². The molecule has 1 aliphatic carbocycles. The molecule has 0 N–H and O–H groups in total. The molecule has 1 saturated carbocycles. The monoisotopic (exact) mass is 424 g/mol. The van der Waals surface area contributed by atoms with E-state index in [-0.39, 0.29) is 22.8 Å². The maximum atomic E-state index is 7.23. The molecule has 2 bridgehead atoms. The highest BCUT2D eigenvalue weighted by Crippen LogP contribution is 2.53. The molecule has 162 valence electrons. The van der Waals surface area contributed by atoms with Gasteiger partial charge in [0.2, 0.25) is 0 Å². The van der Waals surface area contributed by atoms with E-state index in [4.69, 9.17) is 13.9 Å². The van der Waals surface area contributed by atoms with Gasteiger partial charge in [0.1, 0.15) is 5.60 Å². The van der Waals surface area contributed by atoms with Crippen molar-refractivity contribution in [3.63, 3.8) is 0 Å². The molecule has 0 spiro atoms. The van der Waals surface area contributed by atoms with Crippen molar-refractivity contribution in [1.29, 1.82) is 0 Å². The molecule has 2 fully saturated rings. The summed E-state index contributed by atoms with van der Waals surface area (Å²) in [5.74, 6) is 1.03. The second-order valence-electron chi connectivity index (χ2n) is 10.3. The highest BCUT2D eigenvalue weighted by Gasteiger charge is 2.63. The lowest BCUT2D eigenvalue weighted by Gasteiger charge is -2.45. The van der Waals surface area contributed by atoms with E-state index >= 15 is 0 Å². The van der Waals surface area contributed by atoms with Gasteiger partial charge in [-0.05, 0) is 34.7 Å². The summed E-state index contributed by atoms with van der Waals surface area (Å²) in [6.45, 7) is 12.1. The van der Waals surface area contributed by atoms with E-state index in [1.54, 1.807) is 0 Å². The Labute approximate surface area is 182 Å². The van der Waals surface area contributed by atoms with Crippen molar-refractivity contribution in [3.8, 4) is 0 Å². The van der Waals surface area contributed by atoms with E-state index in [9.17, 15) is 0 Å². The average Bonchev–Trinajstić information content (AvgIpc) is 3.15. The molecular formula is C26H36O3Si. The third-order valence-corrected chi connectivity index (χ3v) is 12.3. The van der Waals surface area contributed by atoms with Crippen LogP contribution in [-0.2, 0) is 13.9 Å². The highest BCUT2D eigenvalue weighted by molar-refractivity contribution is 6.99. The smallest absolute Gasteiger partial charge is 0.261 e. The third kappa shape index (κ3) is 3.29. The fraction of sp³-hybridized carbons (Fsp3) is 0.538. The van der Waals surface area contributed by atoms with Crippen molar-refractivity contribution in [1.82, 2.24) is 0 Å². The summed E-state index contributed by atoms with van der Waals surface area (Å²) in [7, 11) is -0.755. The van der Waals surface area contributed by atoms with Gasteiger partial charge < -0.3 is 13.9 Å². The fourth-order valence-corrected chi connectivity index (χ4v) is 10.9. The van der Waals surface area contributed by atoms with Crippen LogP contribution in [0.2, 0.25) is 5.04 Å². The number of rotatable bonds is 6. The molecule has 0 aromatic heterocycles. The first-order valence-corrected chi connectivity index (χ1v) is 13.1. The van der Waals surface area contributed by atoms with Gasteiger partial charge in [0, 0.05) is 13.0 Å². The molecule has 2 aromatic rings. The van der Waals surface area contributed by atoms with Crippen LogP contribution >= 0.6 is 0 Å². The molecule has 3 nitrogen and oxygen atoms in total. The molecule has 2 aliphatic rings. The van der Waals surface area contributed by atoms with Crippen molar-refractivity contribution in [3.05, 3.63) is 60.7 Å². The van der Waals surface area contributed by atoms with Gasteiger partial charge in [-0.15, -0.1) is 0 Å². The summed E-state index contributed by atoms with van der Waals surface area (Å²) in [6.07, 6.45) is 1.31. The molecule has 1 saturated heterocycles. The quantitative estimate of drug-likeness (QED) is 0.644. The van der Waals surface area contributed by atoms with E-state index in [1.165, 1.54) is 10.4 Å². The standard InChI is InChI=1S/C26H36O3Si/c1-19-17-26(24(27-6)23(19)20(2)29-26)18-28-30(25(3,4)5,21-13-9-7-10-14-21)22-15-11-8-12-16-22/h7-16,19-20,23-24H,17-18H2,1-6H3/t19?,20-,23-,24-,26+/m0/s1. The lowest BCUT2D eigenvalue weighted by molar-refractivity contribution is -0.121. The Bertz CT molecular complexity index is 794. The Morgan fingerprint density at radius 2 is 1.50 bits per heavy atom. The second-order valence-corrected chi connectivity index (χ2v) is 14.6. The molecule has 0 radical (unpaired) electrons. The lowest BCUT2D eigenvalue weighted by atomic mass is 9.92. The minimum atomic E-state index is -2.58. The van der Waals surface area contributed by atoms with Gasteiger partial charge in [0.05, 0.1) is 18.8 Å². The Kier molecular flexibility index (Phi) is 5.73. The van der Waals surface area contributed by atoms with E-state index in [2.05, 4.69) is 95.3 Å². The van der Waals surface area contributed by atoms with Gasteiger partial charge in [0.25, 0.3) is 8.32 Å². The van der Waals surface area contributed by atoms with Crippen LogP contribution in [0.25, 0.3) is 0 Å². The van der Waals surface area contributed by atoms with Crippen LogP contribution in [0.15, 0.2) is 60.7 Å². The van der Waals surface area contributed by atoms with Gasteiger partial charge in [-0.2, -0.15) is 0 Å².